The number of piperazine rings is 1. The van der Waals surface area contributed by atoms with Crippen LogP contribution < -0.4 is 5.32 Å². The third kappa shape index (κ3) is 2.30. The third-order valence-electron chi connectivity index (χ3n) is 2.14. The lowest BCUT2D eigenvalue weighted by Gasteiger charge is -2.25. The van der Waals surface area contributed by atoms with Crippen molar-refractivity contribution in [3.05, 3.63) is 12.2 Å². The SMILES string of the molecule is O=C1CN(CCc2ncon2)C(=O)CN1. The summed E-state index contributed by atoms with van der Waals surface area (Å²) >= 11 is 0. The second kappa shape index (κ2) is 4.07. The van der Waals surface area contributed by atoms with Crippen molar-refractivity contribution < 1.29 is 14.1 Å². The van der Waals surface area contributed by atoms with E-state index >= 15 is 0 Å². The summed E-state index contributed by atoms with van der Waals surface area (Å²) in [5.74, 6) is 0.314. The zero-order valence-corrected chi connectivity index (χ0v) is 7.97. The second-order valence-corrected chi connectivity index (χ2v) is 3.19. The van der Waals surface area contributed by atoms with Gasteiger partial charge in [-0.2, -0.15) is 4.98 Å². The van der Waals surface area contributed by atoms with Crippen molar-refractivity contribution >= 4 is 11.8 Å². The van der Waals surface area contributed by atoms with E-state index < -0.39 is 0 Å². The van der Waals surface area contributed by atoms with E-state index in [1.165, 1.54) is 11.3 Å². The van der Waals surface area contributed by atoms with Crippen LogP contribution in [0.1, 0.15) is 5.82 Å². The van der Waals surface area contributed by atoms with Gasteiger partial charge in [-0.15, -0.1) is 0 Å². The summed E-state index contributed by atoms with van der Waals surface area (Å²) in [6, 6.07) is 0. The molecule has 0 bridgehead atoms. The first-order chi connectivity index (χ1) is 7.25. The van der Waals surface area contributed by atoms with Crippen LogP contribution in [-0.2, 0) is 16.0 Å². The highest BCUT2D eigenvalue weighted by Crippen LogP contribution is 1.98. The van der Waals surface area contributed by atoms with Gasteiger partial charge in [-0.25, -0.2) is 0 Å². The molecule has 0 radical (unpaired) electrons. The van der Waals surface area contributed by atoms with Crippen LogP contribution in [0.3, 0.4) is 0 Å². The Morgan fingerprint density at radius 3 is 3.13 bits per heavy atom. The van der Waals surface area contributed by atoms with Crippen LogP contribution in [0, 0.1) is 0 Å². The lowest BCUT2D eigenvalue weighted by Crippen LogP contribution is -2.52. The van der Waals surface area contributed by atoms with Crippen LogP contribution in [0.2, 0.25) is 0 Å². The molecule has 15 heavy (non-hydrogen) atoms. The maximum Gasteiger partial charge on any atom is 0.242 e. The van der Waals surface area contributed by atoms with E-state index in [4.69, 9.17) is 0 Å². The quantitative estimate of drug-likeness (QED) is 0.660. The molecule has 2 amide bonds. The van der Waals surface area contributed by atoms with Gasteiger partial charge in [0.1, 0.15) is 0 Å². The Hall–Kier alpha value is -1.92. The van der Waals surface area contributed by atoms with E-state index in [1.54, 1.807) is 0 Å². The van der Waals surface area contributed by atoms with E-state index in [0.29, 0.717) is 18.8 Å². The minimum atomic E-state index is -0.136. The number of hydrogen-bond donors (Lipinski definition) is 1. The average Bonchev–Trinajstić information content (AvgIpc) is 2.72. The maximum absolute atomic E-state index is 11.3. The van der Waals surface area contributed by atoms with Gasteiger partial charge in [0.25, 0.3) is 0 Å². The Labute approximate surface area is 85.4 Å². The summed E-state index contributed by atoms with van der Waals surface area (Å²) in [4.78, 5) is 27.7. The van der Waals surface area contributed by atoms with E-state index in [2.05, 4.69) is 20.0 Å². The molecule has 0 unspecified atom stereocenters. The number of nitrogens with zero attached hydrogens (tertiary/aromatic N) is 3. The fourth-order valence-electron chi connectivity index (χ4n) is 1.34. The number of hydrogen-bond acceptors (Lipinski definition) is 5. The van der Waals surface area contributed by atoms with Crippen molar-refractivity contribution in [2.24, 2.45) is 0 Å². The minimum absolute atomic E-state index is 0.0745. The van der Waals surface area contributed by atoms with E-state index in [-0.39, 0.29) is 24.9 Å². The lowest BCUT2D eigenvalue weighted by molar-refractivity contribution is -0.140. The predicted octanol–water partition coefficient (Wildman–Crippen LogP) is -1.43. The lowest BCUT2D eigenvalue weighted by atomic mass is 10.3. The van der Waals surface area contributed by atoms with Gasteiger partial charge in [0.05, 0.1) is 13.1 Å². The highest BCUT2D eigenvalue weighted by Gasteiger charge is 2.22. The Morgan fingerprint density at radius 1 is 1.53 bits per heavy atom. The Bertz CT molecular complexity index is 362. The molecule has 0 aliphatic carbocycles. The average molecular weight is 210 g/mol. The summed E-state index contributed by atoms with van der Waals surface area (Å²) < 4.78 is 4.56. The summed E-state index contributed by atoms with van der Waals surface area (Å²) in [6.07, 6.45) is 1.73. The normalized spacial score (nSPS) is 16.7. The molecule has 2 rings (SSSR count). The highest BCUT2D eigenvalue weighted by atomic mass is 16.5. The number of aromatic nitrogens is 2. The zero-order chi connectivity index (χ0) is 10.7. The molecule has 2 heterocycles. The number of carbonyl (C=O) groups is 2. The van der Waals surface area contributed by atoms with Gasteiger partial charge < -0.3 is 14.7 Å². The smallest absolute Gasteiger partial charge is 0.242 e. The summed E-state index contributed by atoms with van der Waals surface area (Å²) in [5, 5.41) is 6.10. The molecule has 0 saturated carbocycles. The monoisotopic (exact) mass is 210 g/mol. The molecule has 0 atom stereocenters. The van der Waals surface area contributed by atoms with Crippen molar-refractivity contribution in [3.63, 3.8) is 0 Å². The van der Waals surface area contributed by atoms with Crippen molar-refractivity contribution in [1.29, 1.82) is 0 Å². The molecule has 0 aromatic carbocycles. The first-order valence-corrected chi connectivity index (χ1v) is 4.55. The summed E-state index contributed by atoms with van der Waals surface area (Å²) in [6.45, 7) is 0.619. The van der Waals surface area contributed by atoms with Crippen LogP contribution in [0.25, 0.3) is 0 Å². The minimum Gasteiger partial charge on any atom is -0.345 e. The van der Waals surface area contributed by atoms with Crippen molar-refractivity contribution in [1.82, 2.24) is 20.4 Å². The summed E-state index contributed by atoms with van der Waals surface area (Å²) in [7, 11) is 0. The maximum atomic E-state index is 11.3. The number of amides is 2. The van der Waals surface area contributed by atoms with Crippen LogP contribution in [-0.4, -0.2) is 46.5 Å². The second-order valence-electron chi connectivity index (χ2n) is 3.19. The molecule has 1 fully saturated rings. The Kier molecular flexibility index (Phi) is 2.61. The van der Waals surface area contributed by atoms with Gasteiger partial charge in [0.2, 0.25) is 18.2 Å². The van der Waals surface area contributed by atoms with E-state index in [9.17, 15) is 9.59 Å². The fraction of sp³-hybridized carbons (Fsp3) is 0.500. The molecule has 1 N–H and O–H groups in total. The van der Waals surface area contributed by atoms with E-state index in [0.717, 1.165) is 0 Å². The van der Waals surface area contributed by atoms with Crippen LogP contribution in [0.5, 0.6) is 0 Å². The largest absolute Gasteiger partial charge is 0.345 e. The number of nitrogens with one attached hydrogen (secondary N) is 1. The molecule has 1 aromatic rings. The van der Waals surface area contributed by atoms with Crippen molar-refractivity contribution in [2.75, 3.05) is 19.6 Å². The molecule has 1 saturated heterocycles. The van der Waals surface area contributed by atoms with Gasteiger partial charge in [-0.05, 0) is 0 Å². The van der Waals surface area contributed by atoms with E-state index in [1.807, 2.05) is 0 Å². The molecule has 7 nitrogen and oxygen atoms in total. The van der Waals surface area contributed by atoms with Gasteiger partial charge >= 0.3 is 0 Å². The van der Waals surface area contributed by atoms with Crippen molar-refractivity contribution in [2.45, 2.75) is 6.42 Å². The van der Waals surface area contributed by atoms with Gasteiger partial charge in [-0.3, -0.25) is 9.59 Å². The fourth-order valence-corrected chi connectivity index (χ4v) is 1.34. The topological polar surface area (TPSA) is 88.3 Å². The first kappa shape index (κ1) is 9.63. The third-order valence-corrected chi connectivity index (χ3v) is 2.14. The molecule has 1 aromatic heterocycles. The molecule has 7 heteroatoms. The van der Waals surface area contributed by atoms with Gasteiger partial charge in [0.15, 0.2) is 5.82 Å². The Balaban J connectivity index is 1.88. The van der Waals surface area contributed by atoms with Crippen LogP contribution in [0.15, 0.2) is 10.9 Å². The number of rotatable bonds is 3. The molecule has 0 spiro atoms. The number of carbonyl (C=O) groups excluding carboxylic acids is 2. The molecule has 1 aliphatic rings. The molecule has 80 valence electrons. The predicted molar refractivity (Wildman–Crippen MR) is 47.6 cm³/mol. The van der Waals surface area contributed by atoms with Crippen LogP contribution in [0.4, 0.5) is 0 Å². The Morgan fingerprint density at radius 2 is 2.40 bits per heavy atom. The zero-order valence-electron chi connectivity index (χ0n) is 7.97. The van der Waals surface area contributed by atoms with Gasteiger partial charge in [-0.1, -0.05) is 5.16 Å². The highest BCUT2D eigenvalue weighted by molar-refractivity contribution is 5.92. The molecular weight excluding hydrogens is 200 g/mol. The molecular formula is C8H10N4O3. The molecule has 1 aliphatic heterocycles. The standard InChI is InChI=1S/C8H10N4O3/c13-7-4-12(8(14)3-9-7)2-1-6-10-5-15-11-6/h5H,1-4H2,(H,9,13). The van der Waals surface area contributed by atoms with Crippen molar-refractivity contribution in [3.8, 4) is 0 Å². The summed E-state index contributed by atoms with van der Waals surface area (Å²) in [5.41, 5.74) is 0. The van der Waals surface area contributed by atoms with Crippen LogP contribution >= 0.6 is 0 Å². The first-order valence-electron chi connectivity index (χ1n) is 4.55. The van der Waals surface area contributed by atoms with Gasteiger partial charge in [0, 0.05) is 13.0 Å².